The van der Waals surface area contributed by atoms with Gasteiger partial charge in [0.1, 0.15) is 16.6 Å². The van der Waals surface area contributed by atoms with E-state index < -0.39 is 0 Å². The molecule has 0 radical (unpaired) electrons. The molecule has 31 heavy (non-hydrogen) atoms. The van der Waals surface area contributed by atoms with Gasteiger partial charge in [0, 0.05) is 17.7 Å². The predicted molar refractivity (Wildman–Crippen MR) is 124 cm³/mol. The van der Waals surface area contributed by atoms with Crippen LogP contribution in [0.15, 0.2) is 59.1 Å². The fourth-order valence-electron chi connectivity index (χ4n) is 3.22. The van der Waals surface area contributed by atoms with Crippen LogP contribution in [-0.4, -0.2) is 26.9 Å². The molecule has 2 aromatic heterocycles. The van der Waals surface area contributed by atoms with Crippen molar-refractivity contribution in [3.8, 4) is 27.7 Å². The third kappa shape index (κ3) is 4.80. The van der Waals surface area contributed by atoms with Crippen LogP contribution in [0.3, 0.4) is 0 Å². The molecule has 0 spiro atoms. The molecule has 2 heterocycles. The zero-order chi connectivity index (χ0) is 21.8. The van der Waals surface area contributed by atoms with E-state index >= 15 is 0 Å². The highest BCUT2D eigenvalue weighted by molar-refractivity contribution is 7.98. The van der Waals surface area contributed by atoms with E-state index in [9.17, 15) is 4.39 Å². The molecule has 0 aliphatic rings. The quantitative estimate of drug-likeness (QED) is 0.298. The summed E-state index contributed by atoms with van der Waals surface area (Å²) in [6.07, 6.45) is 0. The number of benzene rings is 2. The van der Waals surface area contributed by atoms with E-state index in [1.54, 1.807) is 42.3 Å². The van der Waals surface area contributed by atoms with Crippen molar-refractivity contribution in [3.05, 3.63) is 65.4 Å². The maximum Gasteiger partial charge on any atom is 0.191 e. The van der Waals surface area contributed by atoms with Crippen LogP contribution in [0.2, 0.25) is 0 Å². The van der Waals surface area contributed by atoms with Gasteiger partial charge < -0.3 is 9.30 Å². The third-order valence-electron chi connectivity index (χ3n) is 4.62. The molecular formula is C23H23FN4OS2. The van der Waals surface area contributed by atoms with Crippen LogP contribution in [0.4, 0.5) is 4.39 Å². The molecule has 4 aromatic rings. The standard InChI is InChI=1S/C23H23FN4OS2/c1-15(2)12-28-21(17-8-4-6-10-19(17)24)26-27-23(28)31-14-16-13-30-22(25-16)18-9-5-7-11-20(18)29-3/h4-11,13,15H,12,14H2,1-3H3. The lowest BCUT2D eigenvalue weighted by atomic mass is 10.2. The highest BCUT2D eigenvalue weighted by Crippen LogP contribution is 2.34. The minimum atomic E-state index is -0.294. The number of ether oxygens (including phenoxy) is 1. The zero-order valence-electron chi connectivity index (χ0n) is 17.6. The first-order valence-corrected chi connectivity index (χ1v) is 11.8. The van der Waals surface area contributed by atoms with Gasteiger partial charge in [-0.15, -0.1) is 21.5 Å². The number of rotatable bonds is 8. The molecule has 0 aliphatic heterocycles. The Morgan fingerprint density at radius 3 is 2.55 bits per heavy atom. The summed E-state index contributed by atoms with van der Waals surface area (Å²) >= 11 is 3.15. The van der Waals surface area contributed by atoms with Crippen molar-refractivity contribution in [2.24, 2.45) is 5.92 Å². The Kier molecular flexibility index (Phi) is 6.67. The first-order chi connectivity index (χ1) is 15.1. The SMILES string of the molecule is COc1ccccc1-c1nc(CSc2nnc(-c3ccccc3F)n2CC(C)C)cs1. The van der Waals surface area contributed by atoms with Gasteiger partial charge in [-0.2, -0.15) is 0 Å². The monoisotopic (exact) mass is 454 g/mol. The molecule has 4 rings (SSSR count). The molecule has 2 aromatic carbocycles. The van der Waals surface area contributed by atoms with Gasteiger partial charge in [-0.05, 0) is 30.2 Å². The second-order valence-corrected chi connectivity index (χ2v) is 9.22. The summed E-state index contributed by atoms with van der Waals surface area (Å²) < 4.78 is 21.8. The summed E-state index contributed by atoms with van der Waals surface area (Å²) in [6.45, 7) is 4.96. The summed E-state index contributed by atoms with van der Waals surface area (Å²) in [5.41, 5.74) is 2.41. The summed E-state index contributed by atoms with van der Waals surface area (Å²) in [7, 11) is 1.66. The average molecular weight is 455 g/mol. The molecule has 0 saturated carbocycles. The number of methoxy groups -OCH3 is 1. The van der Waals surface area contributed by atoms with E-state index in [-0.39, 0.29) is 5.82 Å². The van der Waals surface area contributed by atoms with E-state index in [2.05, 4.69) is 29.4 Å². The van der Waals surface area contributed by atoms with Gasteiger partial charge in [0.15, 0.2) is 11.0 Å². The molecule has 0 saturated heterocycles. The Hall–Kier alpha value is -2.71. The fraction of sp³-hybridized carbons (Fsp3) is 0.261. The minimum Gasteiger partial charge on any atom is -0.496 e. The molecule has 0 atom stereocenters. The van der Waals surface area contributed by atoms with E-state index in [0.717, 1.165) is 27.2 Å². The van der Waals surface area contributed by atoms with Crippen LogP contribution < -0.4 is 4.74 Å². The number of thioether (sulfide) groups is 1. The number of aromatic nitrogens is 4. The summed E-state index contributed by atoms with van der Waals surface area (Å²) in [6, 6.07) is 14.6. The lowest BCUT2D eigenvalue weighted by Gasteiger charge is -2.12. The molecule has 0 amide bonds. The van der Waals surface area contributed by atoms with Crippen molar-refractivity contribution >= 4 is 23.1 Å². The Bertz CT molecular complexity index is 1170. The number of hydrogen-bond acceptors (Lipinski definition) is 6. The van der Waals surface area contributed by atoms with Crippen LogP contribution in [0.5, 0.6) is 5.75 Å². The van der Waals surface area contributed by atoms with E-state index in [1.807, 2.05) is 34.9 Å². The van der Waals surface area contributed by atoms with Crippen LogP contribution in [0, 0.1) is 11.7 Å². The molecule has 0 N–H and O–H groups in total. The van der Waals surface area contributed by atoms with Crippen LogP contribution in [0.1, 0.15) is 19.5 Å². The summed E-state index contributed by atoms with van der Waals surface area (Å²) in [5, 5.41) is 12.4. The lowest BCUT2D eigenvalue weighted by Crippen LogP contribution is -2.08. The predicted octanol–water partition coefficient (Wildman–Crippen LogP) is 6.16. The topological polar surface area (TPSA) is 52.8 Å². The van der Waals surface area contributed by atoms with Gasteiger partial charge >= 0.3 is 0 Å². The maximum atomic E-state index is 14.4. The molecule has 0 unspecified atom stereocenters. The molecule has 8 heteroatoms. The molecule has 0 aliphatic carbocycles. The van der Waals surface area contributed by atoms with Crippen molar-refractivity contribution in [1.29, 1.82) is 0 Å². The highest BCUT2D eigenvalue weighted by atomic mass is 32.2. The fourth-order valence-corrected chi connectivity index (χ4v) is 5.02. The first-order valence-electron chi connectivity index (χ1n) is 9.95. The molecule has 0 fully saturated rings. The smallest absolute Gasteiger partial charge is 0.191 e. The number of hydrogen-bond donors (Lipinski definition) is 0. The summed E-state index contributed by atoms with van der Waals surface area (Å²) in [5.74, 6) is 2.10. The second kappa shape index (κ2) is 9.62. The van der Waals surface area contributed by atoms with Crippen LogP contribution in [-0.2, 0) is 12.3 Å². The Morgan fingerprint density at radius 2 is 1.81 bits per heavy atom. The highest BCUT2D eigenvalue weighted by Gasteiger charge is 2.18. The number of thiazole rings is 1. The lowest BCUT2D eigenvalue weighted by molar-refractivity contribution is 0.416. The van der Waals surface area contributed by atoms with Gasteiger partial charge in [-0.3, -0.25) is 0 Å². The largest absolute Gasteiger partial charge is 0.496 e. The van der Waals surface area contributed by atoms with Crippen LogP contribution >= 0.6 is 23.1 Å². The van der Waals surface area contributed by atoms with Gasteiger partial charge in [0.25, 0.3) is 0 Å². The third-order valence-corrected chi connectivity index (χ3v) is 6.54. The number of para-hydroxylation sites is 1. The summed E-state index contributed by atoms with van der Waals surface area (Å²) in [4.78, 5) is 4.77. The second-order valence-electron chi connectivity index (χ2n) is 7.42. The van der Waals surface area contributed by atoms with E-state index in [0.29, 0.717) is 29.6 Å². The number of halogens is 1. The van der Waals surface area contributed by atoms with Gasteiger partial charge in [0.05, 0.1) is 23.9 Å². The van der Waals surface area contributed by atoms with Gasteiger partial charge in [-0.1, -0.05) is 49.9 Å². The Labute approximate surface area is 189 Å². The molecule has 5 nitrogen and oxygen atoms in total. The minimum absolute atomic E-state index is 0.294. The zero-order valence-corrected chi connectivity index (χ0v) is 19.2. The molecule has 160 valence electrons. The number of nitrogens with zero attached hydrogens (tertiary/aromatic N) is 4. The van der Waals surface area contributed by atoms with Gasteiger partial charge in [0.2, 0.25) is 0 Å². The Morgan fingerprint density at radius 1 is 1.06 bits per heavy atom. The van der Waals surface area contributed by atoms with Crippen molar-refractivity contribution in [2.75, 3.05) is 7.11 Å². The Balaban J connectivity index is 1.57. The van der Waals surface area contributed by atoms with Crippen molar-refractivity contribution in [2.45, 2.75) is 31.3 Å². The van der Waals surface area contributed by atoms with Crippen LogP contribution in [0.25, 0.3) is 22.0 Å². The normalized spacial score (nSPS) is 11.3. The maximum absolute atomic E-state index is 14.4. The van der Waals surface area contributed by atoms with Crippen molar-refractivity contribution in [3.63, 3.8) is 0 Å². The van der Waals surface area contributed by atoms with Crippen molar-refractivity contribution < 1.29 is 9.13 Å². The van der Waals surface area contributed by atoms with E-state index in [1.165, 1.54) is 6.07 Å². The average Bonchev–Trinajstić information content (AvgIpc) is 3.39. The van der Waals surface area contributed by atoms with Crippen molar-refractivity contribution in [1.82, 2.24) is 19.7 Å². The first kappa shape index (κ1) is 21.5. The van der Waals surface area contributed by atoms with Gasteiger partial charge in [-0.25, -0.2) is 9.37 Å². The molecular weight excluding hydrogens is 431 g/mol. The molecule has 0 bridgehead atoms. The van der Waals surface area contributed by atoms with E-state index in [4.69, 9.17) is 9.72 Å².